The predicted molar refractivity (Wildman–Crippen MR) is 152 cm³/mol. The standard InChI is InChI=1S/C27H32N8O3S/c1-3-6-26(24(36)37)7-9-28-16-22(26)27(34-25(38)30-4-2)33-8-5-12-35(27)18-13-19(21-15-29-10-11-31-21)23-20(14-18)32-17-39-23/h5,8,10-15,17,22,28H,3-4,6-7,9,16H2,1-2H3,(H,36,37)(H2,30,34,38). The van der Waals surface area contributed by atoms with Gasteiger partial charge in [0.25, 0.3) is 0 Å². The number of urea groups is 1. The van der Waals surface area contributed by atoms with Crippen LogP contribution in [0.25, 0.3) is 21.5 Å². The Morgan fingerprint density at radius 1 is 1.26 bits per heavy atom. The fourth-order valence-corrected chi connectivity index (χ4v) is 6.63. The number of anilines is 1. The molecule has 1 aromatic carbocycles. The molecular formula is C27H32N8O3S. The number of aliphatic imine (C=N–C) groups is 1. The second-order valence-corrected chi connectivity index (χ2v) is 10.6. The molecule has 0 aliphatic carbocycles. The fourth-order valence-electron chi connectivity index (χ4n) is 5.83. The number of carbonyl (C=O) groups excluding carboxylic acids is 1. The van der Waals surface area contributed by atoms with Gasteiger partial charge in [-0.15, -0.1) is 11.3 Å². The SMILES string of the molecule is CCCC1(C(=O)O)CCNCC1C1(NC(=O)NCC)N=CC=CN1c1cc(-c2cnccn2)c2scnc2c1. The summed E-state index contributed by atoms with van der Waals surface area (Å²) < 4.78 is 0.955. The first-order valence-electron chi connectivity index (χ1n) is 13.1. The molecule has 39 heavy (non-hydrogen) atoms. The molecule has 5 rings (SSSR count). The van der Waals surface area contributed by atoms with Gasteiger partial charge >= 0.3 is 12.0 Å². The van der Waals surface area contributed by atoms with Gasteiger partial charge in [0.15, 0.2) is 0 Å². The van der Waals surface area contributed by atoms with Crippen molar-refractivity contribution >= 4 is 45.5 Å². The number of rotatable bonds is 8. The van der Waals surface area contributed by atoms with Gasteiger partial charge in [-0.05, 0) is 44.5 Å². The van der Waals surface area contributed by atoms with Crippen LogP contribution in [0.1, 0.15) is 33.1 Å². The van der Waals surface area contributed by atoms with Crippen LogP contribution in [-0.2, 0) is 4.79 Å². The molecule has 12 heteroatoms. The summed E-state index contributed by atoms with van der Waals surface area (Å²) in [5.41, 5.74) is 3.64. The number of thiazole rings is 1. The molecule has 4 N–H and O–H groups in total. The van der Waals surface area contributed by atoms with E-state index in [4.69, 9.17) is 4.99 Å². The first-order chi connectivity index (χ1) is 18.9. The van der Waals surface area contributed by atoms with Gasteiger partial charge in [-0.3, -0.25) is 20.1 Å². The van der Waals surface area contributed by atoms with Gasteiger partial charge in [0.1, 0.15) is 0 Å². The molecule has 2 aliphatic rings. The molecule has 204 valence electrons. The molecule has 0 radical (unpaired) electrons. The van der Waals surface area contributed by atoms with Crippen LogP contribution in [-0.4, -0.2) is 63.7 Å². The van der Waals surface area contributed by atoms with Crippen molar-refractivity contribution in [1.29, 1.82) is 0 Å². The molecule has 2 aromatic heterocycles. The zero-order chi connectivity index (χ0) is 27.5. The van der Waals surface area contributed by atoms with Crippen molar-refractivity contribution in [3.05, 3.63) is 48.5 Å². The molecule has 0 bridgehead atoms. The summed E-state index contributed by atoms with van der Waals surface area (Å²) in [7, 11) is 0. The zero-order valence-electron chi connectivity index (χ0n) is 21.9. The van der Waals surface area contributed by atoms with Crippen LogP contribution in [0.5, 0.6) is 0 Å². The lowest BCUT2D eigenvalue weighted by atomic mass is 9.64. The largest absolute Gasteiger partial charge is 0.481 e. The highest BCUT2D eigenvalue weighted by molar-refractivity contribution is 7.17. The monoisotopic (exact) mass is 548 g/mol. The van der Waals surface area contributed by atoms with Crippen molar-refractivity contribution in [3.63, 3.8) is 0 Å². The first-order valence-corrected chi connectivity index (χ1v) is 14.0. The third kappa shape index (κ3) is 4.74. The van der Waals surface area contributed by atoms with E-state index in [9.17, 15) is 14.7 Å². The maximum absolute atomic E-state index is 13.2. The number of carbonyl (C=O) groups is 2. The van der Waals surface area contributed by atoms with Gasteiger partial charge in [-0.25, -0.2) is 14.8 Å². The van der Waals surface area contributed by atoms with Crippen LogP contribution in [0.2, 0.25) is 0 Å². The Bertz CT molecular complexity index is 1410. The van der Waals surface area contributed by atoms with Crippen LogP contribution < -0.4 is 20.9 Å². The normalized spacial score (nSPS) is 24.6. The summed E-state index contributed by atoms with van der Waals surface area (Å²) in [4.78, 5) is 46.3. The average molecular weight is 549 g/mol. The van der Waals surface area contributed by atoms with Crippen molar-refractivity contribution in [2.75, 3.05) is 24.5 Å². The lowest BCUT2D eigenvalue weighted by Crippen LogP contribution is -2.71. The third-order valence-corrected chi connectivity index (χ3v) is 8.38. The smallest absolute Gasteiger partial charge is 0.318 e. The van der Waals surface area contributed by atoms with Crippen LogP contribution in [0.3, 0.4) is 0 Å². The second kappa shape index (κ2) is 11.1. The van der Waals surface area contributed by atoms with E-state index in [0.29, 0.717) is 50.3 Å². The van der Waals surface area contributed by atoms with Gasteiger partial charge in [-0.2, -0.15) is 0 Å². The quantitative estimate of drug-likeness (QED) is 0.334. The molecule has 1 saturated heterocycles. The highest BCUT2D eigenvalue weighted by Gasteiger charge is 2.59. The predicted octanol–water partition coefficient (Wildman–Crippen LogP) is 3.61. The van der Waals surface area contributed by atoms with Gasteiger partial charge in [0.2, 0.25) is 5.79 Å². The van der Waals surface area contributed by atoms with Gasteiger partial charge in [-0.1, -0.05) is 13.3 Å². The minimum Gasteiger partial charge on any atom is -0.481 e. The van der Waals surface area contributed by atoms with Gasteiger partial charge in [0.05, 0.1) is 39.0 Å². The van der Waals surface area contributed by atoms with E-state index in [0.717, 1.165) is 15.8 Å². The van der Waals surface area contributed by atoms with E-state index < -0.39 is 29.1 Å². The molecule has 11 nitrogen and oxygen atoms in total. The first kappa shape index (κ1) is 26.7. The molecule has 1 fully saturated rings. The maximum Gasteiger partial charge on any atom is 0.318 e. The van der Waals surface area contributed by atoms with E-state index in [1.165, 1.54) is 11.3 Å². The molecule has 0 spiro atoms. The molecular weight excluding hydrogens is 516 g/mol. The molecule has 4 heterocycles. The topological polar surface area (TPSA) is 145 Å². The summed E-state index contributed by atoms with van der Waals surface area (Å²) in [5.74, 6) is -2.92. The molecule has 3 atom stereocenters. The lowest BCUT2D eigenvalue weighted by molar-refractivity contribution is -0.158. The Balaban J connectivity index is 1.73. The summed E-state index contributed by atoms with van der Waals surface area (Å²) in [6.45, 7) is 5.15. The summed E-state index contributed by atoms with van der Waals surface area (Å²) in [5, 5.41) is 20.0. The average Bonchev–Trinajstić information content (AvgIpc) is 3.42. The van der Waals surface area contributed by atoms with Crippen LogP contribution in [0, 0.1) is 11.3 Å². The number of aromatic nitrogens is 3. The Labute approximate surface area is 230 Å². The van der Waals surface area contributed by atoms with Crippen LogP contribution >= 0.6 is 11.3 Å². The van der Waals surface area contributed by atoms with E-state index in [1.807, 2.05) is 37.1 Å². The number of hydrogen-bond acceptors (Lipinski definition) is 9. The Kier molecular flexibility index (Phi) is 7.58. The van der Waals surface area contributed by atoms with E-state index in [-0.39, 0.29) is 0 Å². The molecule has 3 aromatic rings. The number of piperidine rings is 1. The summed E-state index contributed by atoms with van der Waals surface area (Å²) in [6, 6.07) is 3.48. The second-order valence-electron chi connectivity index (χ2n) is 9.70. The number of hydrogen-bond donors (Lipinski definition) is 4. The van der Waals surface area contributed by atoms with E-state index in [1.54, 1.807) is 36.4 Å². The Hall–Kier alpha value is -3.90. The van der Waals surface area contributed by atoms with E-state index in [2.05, 4.69) is 30.9 Å². The molecule has 0 saturated carbocycles. The highest BCUT2D eigenvalue weighted by Crippen LogP contribution is 2.48. The van der Waals surface area contributed by atoms with Crippen LogP contribution in [0.15, 0.2) is 53.5 Å². The zero-order valence-corrected chi connectivity index (χ0v) is 22.7. The maximum atomic E-state index is 13.2. The number of carboxylic acids is 1. The minimum absolute atomic E-state index is 0.357. The summed E-state index contributed by atoms with van der Waals surface area (Å²) >= 11 is 1.51. The number of benzene rings is 1. The van der Waals surface area contributed by atoms with Crippen molar-refractivity contribution in [3.8, 4) is 11.3 Å². The fraction of sp³-hybridized carbons (Fsp3) is 0.407. The third-order valence-electron chi connectivity index (χ3n) is 7.50. The number of nitrogens with one attached hydrogen (secondary N) is 3. The number of nitrogens with zero attached hydrogens (tertiary/aromatic N) is 5. The lowest BCUT2D eigenvalue weighted by Gasteiger charge is -2.54. The number of carboxylic acid groups (broad SMARTS) is 1. The van der Waals surface area contributed by atoms with Gasteiger partial charge in [0, 0.05) is 49.1 Å². The van der Waals surface area contributed by atoms with Crippen LogP contribution in [0.4, 0.5) is 10.5 Å². The van der Waals surface area contributed by atoms with Crippen molar-refractivity contribution in [1.82, 2.24) is 30.9 Å². The van der Waals surface area contributed by atoms with Crippen molar-refractivity contribution in [2.24, 2.45) is 16.3 Å². The number of aliphatic carboxylic acids is 1. The molecule has 2 amide bonds. The van der Waals surface area contributed by atoms with Crippen molar-refractivity contribution in [2.45, 2.75) is 38.9 Å². The number of fused-ring (bicyclic) bond motifs is 1. The molecule has 2 aliphatic heterocycles. The number of amides is 2. The molecule has 3 unspecified atom stereocenters. The van der Waals surface area contributed by atoms with E-state index >= 15 is 0 Å². The highest BCUT2D eigenvalue weighted by atomic mass is 32.1. The Morgan fingerprint density at radius 3 is 2.87 bits per heavy atom. The minimum atomic E-state index is -1.43. The van der Waals surface area contributed by atoms with Crippen molar-refractivity contribution < 1.29 is 14.7 Å². The summed E-state index contributed by atoms with van der Waals surface area (Å²) in [6.07, 6.45) is 11.8. The van der Waals surface area contributed by atoms with Gasteiger partial charge < -0.3 is 20.6 Å². The number of allylic oxidation sites excluding steroid dienone is 1. The Morgan fingerprint density at radius 2 is 2.13 bits per heavy atom.